The number of nitrogens with zero attached hydrogens (tertiary/aromatic N) is 1. The number of thioether (sulfide) groups is 1. The number of carbonyl (C=O) groups excluding carboxylic acids is 3. The third-order valence-electron chi connectivity index (χ3n) is 3.90. The van der Waals surface area contributed by atoms with E-state index in [1.165, 1.54) is 35.1 Å². The van der Waals surface area contributed by atoms with E-state index in [4.69, 9.17) is 16.6 Å². The van der Waals surface area contributed by atoms with E-state index in [1.807, 2.05) is 0 Å². The van der Waals surface area contributed by atoms with Gasteiger partial charge >= 0.3 is 0 Å². The predicted octanol–water partition coefficient (Wildman–Crippen LogP) is 2.26. The molecule has 0 saturated carbocycles. The van der Waals surface area contributed by atoms with E-state index in [0.29, 0.717) is 21.4 Å². The Balaban J connectivity index is 1.54. The Kier molecular flexibility index (Phi) is 6.27. The van der Waals surface area contributed by atoms with E-state index in [9.17, 15) is 19.5 Å². The molecule has 1 N–H and O–H groups in total. The highest BCUT2D eigenvalue weighted by atomic mass is 32.2. The first kappa shape index (κ1) is 19.8. The average Bonchev–Trinajstić information content (AvgIpc) is 3.26. The maximum atomic E-state index is 12.5. The molecule has 9 heteroatoms. The van der Waals surface area contributed by atoms with Gasteiger partial charge in [-0.3, -0.25) is 14.5 Å². The van der Waals surface area contributed by atoms with Gasteiger partial charge in [0.15, 0.2) is 0 Å². The predicted molar refractivity (Wildman–Crippen MR) is 107 cm³/mol. The lowest BCUT2D eigenvalue weighted by Gasteiger charge is -2.15. The smallest absolute Gasteiger partial charge is 0.266 e. The summed E-state index contributed by atoms with van der Waals surface area (Å²) in [5.41, 5.74) is 0.0929. The molecule has 144 valence electrons. The number of carboxylic acids is 1. The number of anilines is 1. The SMILES string of the molecule is O=C(CCCN1C(=O)/C(=C\c2ccco2)SC1=S)Nc1ccccc1C(=O)[O-]. The maximum absolute atomic E-state index is 12.5. The third-order valence-corrected chi connectivity index (χ3v) is 5.27. The molecule has 2 heterocycles. The van der Waals surface area contributed by atoms with Crippen molar-refractivity contribution >= 4 is 57.8 Å². The first-order valence-electron chi connectivity index (χ1n) is 8.35. The van der Waals surface area contributed by atoms with Gasteiger partial charge in [-0.15, -0.1) is 0 Å². The summed E-state index contributed by atoms with van der Waals surface area (Å²) >= 11 is 6.43. The Hall–Kier alpha value is -2.91. The van der Waals surface area contributed by atoms with Gasteiger partial charge in [-0.25, -0.2) is 0 Å². The van der Waals surface area contributed by atoms with Crippen LogP contribution in [-0.2, 0) is 9.59 Å². The van der Waals surface area contributed by atoms with Gasteiger partial charge in [0.2, 0.25) is 5.91 Å². The molecule has 1 aromatic heterocycles. The molecular weight excluding hydrogens is 400 g/mol. The highest BCUT2D eigenvalue weighted by molar-refractivity contribution is 8.26. The number of carbonyl (C=O) groups is 3. The fraction of sp³-hybridized carbons (Fsp3) is 0.158. The van der Waals surface area contributed by atoms with Gasteiger partial charge in [0, 0.05) is 30.3 Å². The van der Waals surface area contributed by atoms with Gasteiger partial charge in [0.05, 0.1) is 17.1 Å². The standard InChI is InChI=1S/C19H16N2O5S2/c22-16(20-14-7-2-1-6-13(14)18(24)25)8-3-9-21-17(23)15(28-19(21)27)11-12-5-4-10-26-12/h1-2,4-7,10-11H,3,8-9H2,(H,20,22)(H,24,25)/p-1/b15-11+. The van der Waals surface area contributed by atoms with Crippen LogP contribution in [0.2, 0.25) is 0 Å². The molecule has 2 amide bonds. The number of benzene rings is 1. The number of nitrogens with one attached hydrogen (secondary N) is 1. The van der Waals surface area contributed by atoms with Gasteiger partial charge in [-0.05, 0) is 24.6 Å². The summed E-state index contributed by atoms with van der Waals surface area (Å²) < 4.78 is 5.63. The molecule has 1 fully saturated rings. The molecule has 0 aliphatic carbocycles. The van der Waals surface area contributed by atoms with Crippen LogP contribution in [0.1, 0.15) is 29.0 Å². The maximum Gasteiger partial charge on any atom is 0.266 e. The van der Waals surface area contributed by atoms with Crippen molar-refractivity contribution in [1.82, 2.24) is 4.90 Å². The fourth-order valence-electron chi connectivity index (χ4n) is 2.58. The minimum Gasteiger partial charge on any atom is -0.545 e. The minimum absolute atomic E-state index is 0.0872. The van der Waals surface area contributed by atoms with E-state index in [1.54, 1.807) is 30.3 Å². The van der Waals surface area contributed by atoms with Crippen molar-refractivity contribution in [2.45, 2.75) is 12.8 Å². The van der Waals surface area contributed by atoms with Crippen molar-refractivity contribution < 1.29 is 23.9 Å². The Labute approximate surface area is 170 Å². The second kappa shape index (κ2) is 8.85. The van der Waals surface area contributed by atoms with Gasteiger partial charge in [0.1, 0.15) is 10.1 Å². The molecule has 0 bridgehead atoms. The molecule has 2 aromatic rings. The van der Waals surface area contributed by atoms with Crippen molar-refractivity contribution in [3.05, 3.63) is 58.9 Å². The van der Waals surface area contributed by atoms with Crippen LogP contribution in [0.25, 0.3) is 6.08 Å². The lowest BCUT2D eigenvalue weighted by atomic mass is 10.1. The zero-order valence-corrected chi connectivity index (χ0v) is 16.2. The lowest BCUT2D eigenvalue weighted by Crippen LogP contribution is -2.30. The number of rotatable bonds is 7. The monoisotopic (exact) mass is 415 g/mol. The first-order valence-corrected chi connectivity index (χ1v) is 9.57. The number of aromatic carboxylic acids is 1. The molecule has 0 radical (unpaired) electrons. The Morgan fingerprint density at radius 3 is 2.75 bits per heavy atom. The van der Waals surface area contributed by atoms with E-state index >= 15 is 0 Å². The molecule has 0 unspecified atom stereocenters. The number of hydrogen-bond donors (Lipinski definition) is 1. The second-order valence-electron chi connectivity index (χ2n) is 5.83. The van der Waals surface area contributed by atoms with Crippen LogP contribution in [0, 0.1) is 0 Å². The largest absolute Gasteiger partial charge is 0.545 e. The van der Waals surface area contributed by atoms with E-state index in [0.717, 1.165) is 0 Å². The van der Waals surface area contributed by atoms with Gasteiger partial charge < -0.3 is 19.6 Å². The van der Waals surface area contributed by atoms with Crippen LogP contribution in [0.3, 0.4) is 0 Å². The number of furan rings is 1. The number of thiocarbonyl (C=S) groups is 1. The summed E-state index contributed by atoms with van der Waals surface area (Å²) in [5, 5.41) is 13.6. The van der Waals surface area contributed by atoms with Gasteiger partial charge in [-0.1, -0.05) is 42.2 Å². The van der Waals surface area contributed by atoms with Crippen molar-refractivity contribution in [1.29, 1.82) is 0 Å². The summed E-state index contributed by atoms with van der Waals surface area (Å²) in [4.78, 5) is 37.6. The van der Waals surface area contributed by atoms with Gasteiger partial charge in [0.25, 0.3) is 5.91 Å². The average molecular weight is 415 g/mol. The highest BCUT2D eigenvalue weighted by Crippen LogP contribution is 2.32. The molecule has 1 aliphatic heterocycles. The number of para-hydroxylation sites is 1. The minimum atomic E-state index is -1.36. The zero-order valence-electron chi connectivity index (χ0n) is 14.5. The van der Waals surface area contributed by atoms with E-state index in [-0.39, 0.29) is 36.0 Å². The molecule has 1 saturated heterocycles. The van der Waals surface area contributed by atoms with E-state index < -0.39 is 5.97 Å². The zero-order chi connectivity index (χ0) is 20.1. The molecule has 28 heavy (non-hydrogen) atoms. The van der Waals surface area contributed by atoms with E-state index in [2.05, 4.69) is 5.32 Å². The lowest BCUT2D eigenvalue weighted by molar-refractivity contribution is -0.254. The quantitative estimate of drug-likeness (QED) is 0.547. The summed E-state index contributed by atoms with van der Waals surface area (Å²) in [6.07, 6.45) is 3.63. The van der Waals surface area contributed by atoms with Crippen molar-refractivity contribution in [2.24, 2.45) is 0 Å². The molecular formula is C19H15N2O5S2-. The van der Waals surface area contributed by atoms with Crippen LogP contribution in [-0.4, -0.2) is 33.5 Å². The van der Waals surface area contributed by atoms with Crippen LogP contribution < -0.4 is 10.4 Å². The molecule has 7 nitrogen and oxygen atoms in total. The Morgan fingerprint density at radius 1 is 1.25 bits per heavy atom. The molecule has 1 aromatic carbocycles. The normalized spacial score (nSPS) is 15.3. The fourth-order valence-corrected chi connectivity index (χ4v) is 3.86. The van der Waals surface area contributed by atoms with Gasteiger partial charge in [-0.2, -0.15) is 0 Å². The van der Waals surface area contributed by atoms with Crippen LogP contribution in [0.5, 0.6) is 0 Å². The summed E-state index contributed by atoms with van der Waals surface area (Å²) in [6.45, 7) is 0.287. The Bertz CT molecular complexity index is 953. The van der Waals surface area contributed by atoms with Crippen molar-refractivity contribution in [2.75, 3.05) is 11.9 Å². The molecule has 0 atom stereocenters. The van der Waals surface area contributed by atoms with Crippen molar-refractivity contribution in [3.8, 4) is 0 Å². The molecule has 3 rings (SSSR count). The topological polar surface area (TPSA) is 103 Å². The summed E-state index contributed by atoms with van der Waals surface area (Å²) in [6, 6.07) is 9.48. The molecule has 0 spiro atoms. The number of hydrogen-bond acceptors (Lipinski definition) is 7. The highest BCUT2D eigenvalue weighted by Gasteiger charge is 2.31. The second-order valence-corrected chi connectivity index (χ2v) is 7.51. The summed E-state index contributed by atoms with van der Waals surface area (Å²) in [7, 11) is 0. The summed E-state index contributed by atoms with van der Waals surface area (Å²) in [5.74, 6) is -1.39. The third kappa shape index (κ3) is 4.68. The van der Waals surface area contributed by atoms with Crippen molar-refractivity contribution in [3.63, 3.8) is 0 Å². The van der Waals surface area contributed by atoms with Crippen LogP contribution in [0.4, 0.5) is 5.69 Å². The Morgan fingerprint density at radius 2 is 2.04 bits per heavy atom. The first-order chi connectivity index (χ1) is 13.5. The number of carboxylic acid groups (broad SMARTS) is 1. The molecule has 1 aliphatic rings. The van der Waals surface area contributed by atoms with Crippen LogP contribution in [0.15, 0.2) is 52.0 Å². The number of amides is 2. The van der Waals surface area contributed by atoms with Crippen LogP contribution >= 0.6 is 24.0 Å².